The number of anilines is 2. The maximum absolute atomic E-state index is 12.3. The molecular weight excluding hydrogens is 423 g/mol. The topological polar surface area (TPSA) is 101 Å². The van der Waals surface area contributed by atoms with Crippen LogP contribution >= 0.6 is 0 Å². The van der Waals surface area contributed by atoms with Gasteiger partial charge in [0, 0.05) is 30.5 Å². The largest absolute Gasteiger partial charge is 0.573 e. The summed E-state index contributed by atoms with van der Waals surface area (Å²) < 4.78 is 66.0. The molecule has 0 bridgehead atoms. The monoisotopic (exact) mass is 445 g/mol. The van der Waals surface area contributed by atoms with Crippen molar-refractivity contribution in [2.45, 2.75) is 32.3 Å². The quantitative estimate of drug-likeness (QED) is 0.709. The van der Waals surface area contributed by atoms with Crippen molar-refractivity contribution in [3.63, 3.8) is 0 Å². The number of benzene rings is 1. The third-order valence-electron chi connectivity index (χ3n) is 4.74. The second-order valence-corrected chi connectivity index (χ2v) is 8.87. The van der Waals surface area contributed by atoms with Crippen LogP contribution in [0.2, 0.25) is 0 Å². The molecule has 2 heterocycles. The fourth-order valence-electron chi connectivity index (χ4n) is 3.32. The van der Waals surface area contributed by atoms with Gasteiger partial charge in [-0.25, -0.2) is 5.14 Å². The highest BCUT2D eigenvalue weighted by atomic mass is 32.2. The van der Waals surface area contributed by atoms with Crippen molar-refractivity contribution in [3.05, 3.63) is 48.3 Å². The highest BCUT2D eigenvalue weighted by Gasteiger charge is 2.37. The minimum atomic E-state index is -4.73. The van der Waals surface area contributed by atoms with Crippen molar-refractivity contribution in [2.75, 3.05) is 22.8 Å². The molecule has 3 N–H and O–H groups in total. The van der Waals surface area contributed by atoms with Crippen molar-refractivity contribution in [1.82, 2.24) is 9.88 Å². The fraction of sp³-hybridized carbons (Fsp3) is 0.389. The van der Waals surface area contributed by atoms with E-state index in [1.807, 2.05) is 18.7 Å². The summed E-state index contributed by atoms with van der Waals surface area (Å²) in [5.74, 6) is -0.281. The van der Waals surface area contributed by atoms with E-state index < -0.39 is 16.6 Å². The van der Waals surface area contributed by atoms with Crippen LogP contribution in [0.25, 0.3) is 0 Å². The summed E-state index contributed by atoms with van der Waals surface area (Å²) in [7, 11) is -3.94. The first-order valence-electron chi connectivity index (χ1n) is 8.92. The number of aromatic nitrogens is 1. The van der Waals surface area contributed by atoms with Crippen molar-refractivity contribution in [1.29, 1.82) is 0 Å². The van der Waals surface area contributed by atoms with Crippen LogP contribution in [0.4, 0.5) is 24.5 Å². The number of rotatable bonds is 6. The van der Waals surface area contributed by atoms with Gasteiger partial charge in [-0.1, -0.05) is 0 Å². The van der Waals surface area contributed by atoms with E-state index in [1.54, 1.807) is 24.4 Å². The number of halogens is 3. The Morgan fingerprint density at radius 2 is 1.90 bits per heavy atom. The van der Waals surface area contributed by atoms with Crippen LogP contribution < -0.4 is 19.5 Å². The molecule has 0 radical (unpaired) electrons. The standard InChI is InChI=1S/C18H22F3N5O3S/c1-17(2)11-25(14-3-5-15(6-4-14)29-18(19,20)21)12-26(17)10-13-7-8-23-9-16(13)24-30(22,27)28/h3-9,24H,10-12H2,1-2H3,(H2,22,27,28). The molecule has 0 amide bonds. The molecule has 164 valence electrons. The fourth-order valence-corrected chi connectivity index (χ4v) is 3.81. The van der Waals surface area contributed by atoms with E-state index in [0.29, 0.717) is 31.0 Å². The average Bonchev–Trinajstić information content (AvgIpc) is 2.89. The first-order valence-corrected chi connectivity index (χ1v) is 10.5. The number of pyridine rings is 1. The molecule has 0 atom stereocenters. The molecule has 0 spiro atoms. The van der Waals surface area contributed by atoms with E-state index in [0.717, 1.165) is 5.69 Å². The van der Waals surface area contributed by atoms with Gasteiger partial charge in [-0.15, -0.1) is 13.2 Å². The van der Waals surface area contributed by atoms with Gasteiger partial charge in [-0.05, 0) is 49.7 Å². The van der Waals surface area contributed by atoms with Gasteiger partial charge in [-0.3, -0.25) is 14.6 Å². The molecule has 1 aliphatic rings. The molecular formula is C18H22F3N5O3S. The molecule has 0 aliphatic carbocycles. The van der Waals surface area contributed by atoms with E-state index in [-0.39, 0.29) is 11.3 Å². The van der Waals surface area contributed by atoms with Gasteiger partial charge >= 0.3 is 6.36 Å². The first-order chi connectivity index (χ1) is 13.8. The Hall–Kier alpha value is -2.57. The van der Waals surface area contributed by atoms with Crippen LogP contribution in [0.1, 0.15) is 19.4 Å². The maximum atomic E-state index is 12.3. The molecule has 1 aromatic heterocycles. The van der Waals surface area contributed by atoms with E-state index in [1.165, 1.54) is 18.3 Å². The van der Waals surface area contributed by atoms with Crippen molar-refractivity contribution in [3.8, 4) is 5.75 Å². The third kappa shape index (κ3) is 5.74. The summed E-state index contributed by atoms with van der Waals surface area (Å²) >= 11 is 0. The molecule has 2 aromatic rings. The van der Waals surface area contributed by atoms with Gasteiger partial charge in [0.2, 0.25) is 0 Å². The van der Waals surface area contributed by atoms with Crippen LogP contribution in [0.5, 0.6) is 5.75 Å². The van der Waals surface area contributed by atoms with Crippen LogP contribution in [0.15, 0.2) is 42.7 Å². The van der Waals surface area contributed by atoms with E-state index in [4.69, 9.17) is 5.14 Å². The maximum Gasteiger partial charge on any atom is 0.573 e. The van der Waals surface area contributed by atoms with E-state index >= 15 is 0 Å². The second-order valence-electron chi connectivity index (χ2n) is 7.57. The predicted molar refractivity (Wildman–Crippen MR) is 106 cm³/mol. The summed E-state index contributed by atoms with van der Waals surface area (Å²) in [6.45, 7) is 5.59. The number of nitrogens with one attached hydrogen (secondary N) is 1. The number of nitrogens with two attached hydrogens (primary N) is 1. The number of ether oxygens (including phenoxy) is 1. The predicted octanol–water partition coefficient (Wildman–Crippen LogP) is 2.65. The van der Waals surface area contributed by atoms with Crippen LogP contribution in [0, 0.1) is 0 Å². The Morgan fingerprint density at radius 1 is 1.23 bits per heavy atom. The molecule has 0 saturated carbocycles. The lowest BCUT2D eigenvalue weighted by atomic mass is 10.0. The number of hydrogen-bond acceptors (Lipinski definition) is 6. The van der Waals surface area contributed by atoms with Crippen LogP contribution in [-0.2, 0) is 16.8 Å². The molecule has 1 aromatic carbocycles. The van der Waals surface area contributed by atoms with Crippen molar-refractivity contribution in [2.24, 2.45) is 5.14 Å². The van der Waals surface area contributed by atoms with Gasteiger partial charge in [0.05, 0.1) is 18.6 Å². The molecule has 0 unspecified atom stereocenters. The molecule has 30 heavy (non-hydrogen) atoms. The summed E-state index contributed by atoms with van der Waals surface area (Å²) in [4.78, 5) is 8.07. The Balaban J connectivity index is 1.75. The number of nitrogens with zero attached hydrogens (tertiary/aromatic N) is 3. The molecule has 3 rings (SSSR count). The van der Waals surface area contributed by atoms with Crippen molar-refractivity contribution < 1.29 is 26.3 Å². The van der Waals surface area contributed by atoms with E-state index in [2.05, 4.69) is 19.3 Å². The normalized spacial score (nSPS) is 17.2. The van der Waals surface area contributed by atoms with Crippen LogP contribution in [-0.4, -0.2) is 43.4 Å². The summed E-state index contributed by atoms with van der Waals surface area (Å²) in [6.07, 6.45) is -1.79. The zero-order valence-electron chi connectivity index (χ0n) is 16.3. The van der Waals surface area contributed by atoms with E-state index in [9.17, 15) is 21.6 Å². The van der Waals surface area contributed by atoms with Gasteiger partial charge in [0.25, 0.3) is 10.2 Å². The Labute approximate surface area is 172 Å². The molecule has 1 saturated heterocycles. The summed E-state index contributed by atoms with van der Waals surface area (Å²) in [6, 6.07) is 7.39. The van der Waals surface area contributed by atoms with Gasteiger partial charge in [0.15, 0.2) is 0 Å². The van der Waals surface area contributed by atoms with Gasteiger partial charge < -0.3 is 9.64 Å². The Bertz CT molecular complexity index is 997. The summed E-state index contributed by atoms with van der Waals surface area (Å²) in [5.41, 5.74) is 1.45. The Morgan fingerprint density at radius 3 is 2.50 bits per heavy atom. The SMILES string of the molecule is CC1(C)CN(c2ccc(OC(F)(F)F)cc2)CN1Cc1ccncc1NS(N)(=O)=O. The third-order valence-corrected chi connectivity index (χ3v) is 5.24. The number of hydrogen-bond donors (Lipinski definition) is 2. The zero-order valence-corrected chi connectivity index (χ0v) is 17.2. The lowest BCUT2D eigenvalue weighted by molar-refractivity contribution is -0.274. The molecule has 8 nitrogen and oxygen atoms in total. The highest BCUT2D eigenvalue weighted by Crippen LogP contribution is 2.33. The molecule has 1 aliphatic heterocycles. The molecule has 1 fully saturated rings. The number of alkyl halides is 3. The molecule has 12 heteroatoms. The van der Waals surface area contributed by atoms with Crippen molar-refractivity contribution >= 4 is 21.6 Å². The Kier molecular flexibility index (Phi) is 5.85. The van der Waals surface area contributed by atoms with Gasteiger partial charge in [-0.2, -0.15) is 8.42 Å². The first kappa shape index (κ1) is 22.1. The second kappa shape index (κ2) is 7.93. The highest BCUT2D eigenvalue weighted by molar-refractivity contribution is 7.90. The minimum Gasteiger partial charge on any atom is -0.406 e. The summed E-state index contributed by atoms with van der Waals surface area (Å²) in [5, 5.41) is 5.08. The smallest absolute Gasteiger partial charge is 0.406 e. The van der Waals surface area contributed by atoms with Crippen LogP contribution in [0.3, 0.4) is 0 Å². The lowest BCUT2D eigenvalue weighted by Crippen LogP contribution is -2.39. The average molecular weight is 445 g/mol. The lowest BCUT2D eigenvalue weighted by Gasteiger charge is -2.30. The van der Waals surface area contributed by atoms with Gasteiger partial charge in [0.1, 0.15) is 5.75 Å². The minimum absolute atomic E-state index is 0.281. The zero-order chi connectivity index (χ0) is 22.2.